The Morgan fingerprint density at radius 1 is 1.17 bits per heavy atom. The van der Waals surface area contributed by atoms with Gasteiger partial charge in [0.15, 0.2) is 6.61 Å². The van der Waals surface area contributed by atoms with Crippen LogP contribution >= 0.6 is 0 Å². The van der Waals surface area contributed by atoms with Crippen molar-refractivity contribution in [3.8, 4) is 5.75 Å². The number of aromatic amines is 1. The number of aromatic nitrogens is 1. The van der Waals surface area contributed by atoms with Crippen LogP contribution in [0.25, 0.3) is 0 Å². The van der Waals surface area contributed by atoms with Gasteiger partial charge in [0.1, 0.15) is 11.3 Å². The number of carbonyl (C=O) groups excluding carboxylic acids is 2. The van der Waals surface area contributed by atoms with E-state index in [2.05, 4.69) is 4.98 Å². The fourth-order valence-corrected chi connectivity index (χ4v) is 1.44. The molecule has 0 atom stereocenters. The van der Waals surface area contributed by atoms with Crippen molar-refractivity contribution in [3.05, 3.63) is 53.9 Å². The molecule has 92 valence electrons. The van der Waals surface area contributed by atoms with Gasteiger partial charge in [-0.15, -0.1) is 0 Å². The number of Topliss-reactive ketones (excluding diaryl/α,β-unsaturated/α-hetero) is 1. The van der Waals surface area contributed by atoms with Gasteiger partial charge in [-0.05, 0) is 24.3 Å². The number of carbonyl (C=O) groups is 2. The van der Waals surface area contributed by atoms with E-state index in [-0.39, 0.29) is 23.7 Å². The molecule has 1 aromatic heterocycles. The van der Waals surface area contributed by atoms with Crippen LogP contribution in [-0.4, -0.2) is 28.4 Å². The molecule has 5 heteroatoms. The third kappa shape index (κ3) is 2.57. The lowest BCUT2D eigenvalue weighted by Gasteiger charge is -2.04. The molecule has 0 bridgehead atoms. The Morgan fingerprint density at radius 2 is 1.94 bits per heavy atom. The SMILES string of the molecule is O=C(COC(=O)c1ccccc1O)c1ccc[nH]1. The Kier molecular flexibility index (Phi) is 3.43. The fraction of sp³-hybridized carbons (Fsp3) is 0.0769. The number of esters is 1. The molecule has 2 rings (SSSR count). The predicted molar refractivity (Wildman–Crippen MR) is 63.5 cm³/mol. The van der Waals surface area contributed by atoms with Crippen LogP contribution < -0.4 is 0 Å². The number of ketones is 1. The highest BCUT2D eigenvalue weighted by Gasteiger charge is 2.14. The molecule has 2 N–H and O–H groups in total. The fourth-order valence-electron chi connectivity index (χ4n) is 1.44. The standard InChI is InChI=1S/C13H11NO4/c15-11-6-2-1-4-9(11)13(17)18-8-12(16)10-5-3-7-14-10/h1-7,14-15H,8H2. The molecule has 0 aliphatic carbocycles. The van der Waals surface area contributed by atoms with Crippen molar-refractivity contribution in [2.24, 2.45) is 0 Å². The zero-order valence-electron chi connectivity index (χ0n) is 9.42. The maximum atomic E-state index is 11.6. The molecule has 0 amide bonds. The van der Waals surface area contributed by atoms with Gasteiger partial charge < -0.3 is 14.8 Å². The Labute approximate surface area is 103 Å². The van der Waals surface area contributed by atoms with Crippen LogP contribution in [0.5, 0.6) is 5.75 Å². The van der Waals surface area contributed by atoms with Crippen molar-refractivity contribution in [3.63, 3.8) is 0 Å². The second-order valence-corrected chi connectivity index (χ2v) is 3.60. The maximum Gasteiger partial charge on any atom is 0.342 e. The van der Waals surface area contributed by atoms with E-state index in [1.165, 1.54) is 12.1 Å². The monoisotopic (exact) mass is 245 g/mol. The molecule has 5 nitrogen and oxygen atoms in total. The van der Waals surface area contributed by atoms with Gasteiger partial charge in [-0.2, -0.15) is 0 Å². The van der Waals surface area contributed by atoms with E-state index in [0.29, 0.717) is 5.69 Å². The van der Waals surface area contributed by atoms with Crippen molar-refractivity contribution >= 4 is 11.8 Å². The summed E-state index contributed by atoms with van der Waals surface area (Å²) in [6.07, 6.45) is 1.61. The molecule has 0 fully saturated rings. The molecule has 0 saturated heterocycles. The van der Waals surface area contributed by atoms with Gasteiger partial charge in [-0.3, -0.25) is 4.79 Å². The number of para-hydroxylation sites is 1. The summed E-state index contributed by atoms with van der Waals surface area (Å²) in [7, 11) is 0. The molecule has 0 aliphatic heterocycles. The summed E-state index contributed by atoms with van der Waals surface area (Å²) in [5.74, 6) is -1.23. The zero-order chi connectivity index (χ0) is 13.0. The number of H-pyrrole nitrogens is 1. The number of ether oxygens (including phenoxy) is 1. The molecule has 18 heavy (non-hydrogen) atoms. The molecule has 0 unspecified atom stereocenters. The van der Waals surface area contributed by atoms with E-state index in [1.807, 2.05) is 0 Å². The first kappa shape index (κ1) is 11.9. The van der Waals surface area contributed by atoms with E-state index in [4.69, 9.17) is 4.74 Å². The van der Waals surface area contributed by atoms with E-state index >= 15 is 0 Å². The topological polar surface area (TPSA) is 79.4 Å². The van der Waals surface area contributed by atoms with Gasteiger partial charge in [-0.1, -0.05) is 12.1 Å². The van der Waals surface area contributed by atoms with Gasteiger partial charge in [0.25, 0.3) is 0 Å². The number of benzene rings is 1. The maximum absolute atomic E-state index is 11.6. The van der Waals surface area contributed by atoms with Crippen molar-refractivity contribution < 1.29 is 19.4 Å². The number of nitrogens with one attached hydrogen (secondary N) is 1. The Morgan fingerprint density at radius 3 is 2.61 bits per heavy atom. The van der Waals surface area contributed by atoms with Crippen LogP contribution in [0, 0.1) is 0 Å². The van der Waals surface area contributed by atoms with E-state index in [0.717, 1.165) is 0 Å². The van der Waals surface area contributed by atoms with Crippen LogP contribution in [0.4, 0.5) is 0 Å². The van der Waals surface area contributed by atoms with E-state index < -0.39 is 5.97 Å². The average molecular weight is 245 g/mol. The number of rotatable bonds is 4. The summed E-state index contributed by atoms with van der Waals surface area (Å²) >= 11 is 0. The smallest absolute Gasteiger partial charge is 0.342 e. The number of phenols is 1. The lowest BCUT2D eigenvalue weighted by molar-refractivity contribution is 0.0470. The highest BCUT2D eigenvalue weighted by atomic mass is 16.5. The third-order valence-corrected chi connectivity index (χ3v) is 2.36. The highest BCUT2D eigenvalue weighted by Crippen LogP contribution is 2.16. The van der Waals surface area contributed by atoms with Gasteiger partial charge >= 0.3 is 5.97 Å². The second-order valence-electron chi connectivity index (χ2n) is 3.60. The summed E-state index contributed by atoms with van der Waals surface area (Å²) < 4.78 is 4.83. The van der Waals surface area contributed by atoms with Crippen LogP contribution in [0.1, 0.15) is 20.8 Å². The van der Waals surface area contributed by atoms with Crippen LogP contribution in [0.2, 0.25) is 0 Å². The summed E-state index contributed by atoms with van der Waals surface area (Å²) in [5, 5.41) is 9.44. The number of phenolic OH excluding ortho intramolecular Hbond substituents is 1. The first-order chi connectivity index (χ1) is 8.68. The largest absolute Gasteiger partial charge is 0.507 e. The molecule has 1 aromatic carbocycles. The molecular weight excluding hydrogens is 234 g/mol. The third-order valence-electron chi connectivity index (χ3n) is 2.36. The normalized spacial score (nSPS) is 10.0. The van der Waals surface area contributed by atoms with Crippen LogP contribution in [0.15, 0.2) is 42.6 Å². The Balaban J connectivity index is 1.97. The number of aromatic hydroxyl groups is 1. The molecule has 1 heterocycles. The lowest BCUT2D eigenvalue weighted by Crippen LogP contribution is -2.14. The van der Waals surface area contributed by atoms with Gasteiger partial charge in [-0.25, -0.2) is 4.79 Å². The average Bonchev–Trinajstić information content (AvgIpc) is 2.90. The summed E-state index contributed by atoms with van der Waals surface area (Å²) in [6, 6.07) is 9.27. The molecule has 0 spiro atoms. The Hall–Kier alpha value is -2.56. The first-order valence-electron chi connectivity index (χ1n) is 5.30. The molecule has 2 aromatic rings. The van der Waals surface area contributed by atoms with Crippen molar-refractivity contribution in [1.29, 1.82) is 0 Å². The lowest BCUT2D eigenvalue weighted by atomic mass is 10.2. The van der Waals surface area contributed by atoms with Crippen LogP contribution in [-0.2, 0) is 4.74 Å². The van der Waals surface area contributed by atoms with Crippen molar-refractivity contribution in [1.82, 2.24) is 4.98 Å². The highest BCUT2D eigenvalue weighted by molar-refractivity contribution is 5.98. The number of hydrogen-bond donors (Lipinski definition) is 2. The van der Waals surface area contributed by atoms with Crippen LogP contribution in [0.3, 0.4) is 0 Å². The molecule has 0 aliphatic rings. The summed E-state index contributed by atoms with van der Waals surface area (Å²) in [4.78, 5) is 25.9. The van der Waals surface area contributed by atoms with Gasteiger partial charge in [0, 0.05) is 6.20 Å². The molecular formula is C13H11NO4. The minimum Gasteiger partial charge on any atom is -0.507 e. The minimum atomic E-state index is -0.729. The summed E-state index contributed by atoms with van der Waals surface area (Å²) in [5.41, 5.74) is 0.414. The predicted octanol–water partition coefficient (Wildman–Crippen LogP) is 1.76. The summed E-state index contributed by atoms with van der Waals surface area (Å²) in [6.45, 7) is -0.367. The first-order valence-corrected chi connectivity index (χ1v) is 5.30. The molecule has 0 saturated carbocycles. The minimum absolute atomic E-state index is 0.0387. The number of hydrogen-bond acceptors (Lipinski definition) is 4. The van der Waals surface area contributed by atoms with Gasteiger partial charge in [0.05, 0.1) is 5.69 Å². The van der Waals surface area contributed by atoms with Crippen molar-refractivity contribution in [2.75, 3.05) is 6.61 Å². The van der Waals surface area contributed by atoms with Crippen molar-refractivity contribution in [2.45, 2.75) is 0 Å². The van der Waals surface area contributed by atoms with Gasteiger partial charge in [0.2, 0.25) is 5.78 Å². The Bertz CT molecular complexity index is 560. The zero-order valence-corrected chi connectivity index (χ0v) is 9.42. The quantitative estimate of drug-likeness (QED) is 0.635. The van der Waals surface area contributed by atoms with E-state index in [1.54, 1.807) is 30.5 Å². The molecule has 0 radical (unpaired) electrons. The van der Waals surface area contributed by atoms with E-state index in [9.17, 15) is 14.7 Å². The second kappa shape index (κ2) is 5.18.